The van der Waals surface area contributed by atoms with E-state index in [0.717, 1.165) is 18.7 Å². The van der Waals surface area contributed by atoms with Gasteiger partial charge in [-0.3, -0.25) is 0 Å². The van der Waals surface area contributed by atoms with Gasteiger partial charge in [0.2, 0.25) is 0 Å². The summed E-state index contributed by atoms with van der Waals surface area (Å²) >= 11 is 0. The van der Waals surface area contributed by atoms with Gasteiger partial charge in [-0.2, -0.15) is 0 Å². The molecule has 0 radical (unpaired) electrons. The fourth-order valence-corrected chi connectivity index (χ4v) is 3.89. The van der Waals surface area contributed by atoms with Crippen molar-refractivity contribution < 1.29 is 13.2 Å². The van der Waals surface area contributed by atoms with Gasteiger partial charge in [-0.1, -0.05) is 18.6 Å². The molecule has 0 saturated carbocycles. The predicted molar refractivity (Wildman–Crippen MR) is 74.1 cm³/mol. The van der Waals surface area contributed by atoms with Crippen LogP contribution < -0.4 is 10.1 Å². The molecule has 2 aliphatic rings. The minimum Gasteiger partial charge on any atom is -0.488 e. The van der Waals surface area contributed by atoms with E-state index in [2.05, 4.69) is 11.4 Å². The normalized spacial score (nSPS) is 26.6. The highest BCUT2D eigenvalue weighted by atomic mass is 32.2. The van der Waals surface area contributed by atoms with Crippen LogP contribution in [0.2, 0.25) is 0 Å². The van der Waals surface area contributed by atoms with Gasteiger partial charge in [-0.15, -0.1) is 0 Å². The highest BCUT2D eigenvalue weighted by molar-refractivity contribution is 7.92. The fourth-order valence-electron chi connectivity index (χ4n) is 2.72. The zero-order valence-electron chi connectivity index (χ0n) is 10.8. The van der Waals surface area contributed by atoms with Gasteiger partial charge in [0.05, 0.1) is 11.5 Å². The Morgan fingerprint density at radius 2 is 2.05 bits per heavy atom. The summed E-state index contributed by atoms with van der Waals surface area (Å²) in [5.74, 6) is 1.09. The highest BCUT2D eigenvalue weighted by Gasteiger charge is 2.35. The largest absolute Gasteiger partial charge is 0.488 e. The zero-order chi connectivity index (χ0) is 13.3. The van der Waals surface area contributed by atoms with Gasteiger partial charge in [0, 0.05) is 6.04 Å². The van der Waals surface area contributed by atoms with Crippen molar-refractivity contribution in [2.24, 2.45) is 0 Å². The van der Waals surface area contributed by atoms with Crippen molar-refractivity contribution in [1.82, 2.24) is 5.32 Å². The third-order valence-electron chi connectivity index (χ3n) is 3.75. The Balaban J connectivity index is 1.66. The van der Waals surface area contributed by atoms with Crippen LogP contribution in [0.4, 0.5) is 0 Å². The van der Waals surface area contributed by atoms with E-state index in [9.17, 15) is 8.42 Å². The number of ether oxygens (including phenoxy) is 1. The lowest BCUT2D eigenvalue weighted by molar-refractivity contribution is 0.230. The van der Waals surface area contributed by atoms with Gasteiger partial charge in [0.1, 0.15) is 11.9 Å². The quantitative estimate of drug-likeness (QED) is 0.916. The third kappa shape index (κ3) is 3.09. The Hall–Kier alpha value is -1.07. The molecule has 1 aromatic carbocycles. The Labute approximate surface area is 114 Å². The Morgan fingerprint density at radius 1 is 1.21 bits per heavy atom. The number of piperidine rings is 1. The van der Waals surface area contributed by atoms with Crippen LogP contribution in [0.5, 0.6) is 5.75 Å². The highest BCUT2D eigenvalue weighted by Crippen LogP contribution is 2.27. The molecule has 104 valence electrons. The van der Waals surface area contributed by atoms with Crippen molar-refractivity contribution in [3.05, 3.63) is 29.8 Å². The van der Waals surface area contributed by atoms with Crippen molar-refractivity contribution >= 4 is 9.84 Å². The minimum atomic E-state index is -2.82. The molecule has 2 aliphatic heterocycles. The summed E-state index contributed by atoms with van der Waals surface area (Å²) in [5, 5.41) is 3.51. The number of benzene rings is 1. The number of nitrogens with one attached hydrogen (secondary N) is 1. The van der Waals surface area contributed by atoms with Crippen LogP contribution >= 0.6 is 0 Å². The first kappa shape index (κ1) is 12.9. The Kier molecular flexibility index (Phi) is 3.50. The van der Waals surface area contributed by atoms with Gasteiger partial charge < -0.3 is 10.1 Å². The maximum Gasteiger partial charge on any atom is 0.157 e. The van der Waals surface area contributed by atoms with Crippen LogP contribution in [0, 0.1) is 0 Å². The second-order valence-corrected chi connectivity index (χ2v) is 7.55. The number of hydrogen-bond acceptors (Lipinski definition) is 4. The van der Waals surface area contributed by atoms with E-state index in [-0.39, 0.29) is 17.6 Å². The average molecular weight is 281 g/mol. The van der Waals surface area contributed by atoms with E-state index < -0.39 is 9.84 Å². The maximum atomic E-state index is 11.1. The van der Waals surface area contributed by atoms with E-state index in [0.29, 0.717) is 6.04 Å². The summed E-state index contributed by atoms with van der Waals surface area (Å²) in [6.45, 7) is 1.07. The minimum absolute atomic E-state index is 0.152. The molecule has 0 amide bonds. The maximum absolute atomic E-state index is 11.1. The number of rotatable bonds is 3. The number of sulfone groups is 1. The third-order valence-corrected chi connectivity index (χ3v) is 5.51. The Bertz CT molecular complexity index is 538. The summed E-state index contributed by atoms with van der Waals surface area (Å²) < 4.78 is 27.9. The molecule has 3 rings (SSSR count). The summed E-state index contributed by atoms with van der Waals surface area (Å²) in [6, 6.07) is 8.43. The molecule has 19 heavy (non-hydrogen) atoms. The van der Waals surface area contributed by atoms with Crippen LogP contribution in [0.1, 0.15) is 30.9 Å². The molecule has 1 N–H and O–H groups in total. The Morgan fingerprint density at radius 3 is 2.74 bits per heavy atom. The van der Waals surface area contributed by atoms with Crippen LogP contribution in [0.15, 0.2) is 24.3 Å². The van der Waals surface area contributed by atoms with Crippen LogP contribution in [-0.4, -0.2) is 32.6 Å². The van der Waals surface area contributed by atoms with Gasteiger partial charge >= 0.3 is 0 Å². The molecule has 0 bridgehead atoms. The van der Waals surface area contributed by atoms with Gasteiger partial charge in [0.25, 0.3) is 0 Å². The summed E-state index contributed by atoms with van der Waals surface area (Å²) in [4.78, 5) is 0. The lowest BCUT2D eigenvalue weighted by Crippen LogP contribution is -2.45. The molecule has 2 saturated heterocycles. The first-order valence-electron chi connectivity index (χ1n) is 6.83. The molecule has 1 atom stereocenters. The summed E-state index contributed by atoms with van der Waals surface area (Å²) in [5.41, 5.74) is 1.24. The second kappa shape index (κ2) is 5.13. The van der Waals surface area contributed by atoms with Crippen LogP contribution in [-0.2, 0) is 9.84 Å². The first-order chi connectivity index (χ1) is 9.12. The molecule has 1 unspecified atom stereocenters. The molecule has 1 aromatic rings. The van der Waals surface area contributed by atoms with Crippen LogP contribution in [0.25, 0.3) is 0 Å². The van der Waals surface area contributed by atoms with Gasteiger partial charge in [0.15, 0.2) is 9.84 Å². The average Bonchev–Trinajstić information content (AvgIpc) is 2.38. The lowest BCUT2D eigenvalue weighted by atomic mass is 9.97. The van der Waals surface area contributed by atoms with Crippen molar-refractivity contribution in [3.8, 4) is 5.75 Å². The molecular formula is C14H19NO3S. The van der Waals surface area contributed by atoms with Crippen LogP contribution in [0.3, 0.4) is 0 Å². The standard InChI is InChI=1S/C14H19NO3S/c16-19(17)9-13(10-19)18-12-5-3-4-11(8-12)14-6-1-2-7-15-14/h3-5,8,13-15H,1-2,6-7,9-10H2. The predicted octanol–water partition coefficient (Wildman–Crippen LogP) is 1.68. The van der Waals surface area contributed by atoms with Crippen molar-refractivity contribution in [2.75, 3.05) is 18.1 Å². The molecule has 4 nitrogen and oxygen atoms in total. The van der Waals surface area contributed by atoms with E-state index in [1.807, 2.05) is 18.2 Å². The zero-order valence-corrected chi connectivity index (χ0v) is 11.7. The molecule has 2 fully saturated rings. The smallest absolute Gasteiger partial charge is 0.157 e. The number of hydrogen-bond donors (Lipinski definition) is 1. The second-order valence-electron chi connectivity index (χ2n) is 5.39. The lowest BCUT2D eigenvalue weighted by Gasteiger charge is -2.28. The van der Waals surface area contributed by atoms with Crippen molar-refractivity contribution in [3.63, 3.8) is 0 Å². The molecule has 2 heterocycles. The molecule has 0 aromatic heterocycles. The SMILES string of the molecule is O=S1(=O)CC(Oc2cccc(C3CCCCN3)c2)C1. The summed E-state index contributed by atoms with van der Waals surface area (Å²) in [7, 11) is -2.82. The topological polar surface area (TPSA) is 55.4 Å². The summed E-state index contributed by atoms with van der Waals surface area (Å²) in [6.07, 6.45) is 3.48. The van der Waals surface area contributed by atoms with Gasteiger partial charge in [-0.25, -0.2) is 8.42 Å². The van der Waals surface area contributed by atoms with E-state index in [4.69, 9.17) is 4.74 Å². The molecule has 0 spiro atoms. The molecule has 0 aliphatic carbocycles. The van der Waals surface area contributed by atoms with Gasteiger partial charge in [-0.05, 0) is 37.1 Å². The van der Waals surface area contributed by atoms with E-state index in [1.54, 1.807) is 0 Å². The molecular weight excluding hydrogens is 262 g/mol. The monoisotopic (exact) mass is 281 g/mol. The van der Waals surface area contributed by atoms with Crippen molar-refractivity contribution in [2.45, 2.75) is 31.4 Å². The van der Waals surface area contributed by atoms with Crippen molar-refractivity contribution in [1.29, 1.82) is 0 Å². The first-order valence-corrected chi connectivity index (χ1v) is 8.65. The van der Waals surface area contributed by atoms with E-state index >= 15 is 0 Å². The van der Waals surface area contributed by atoms with E-state index in [1.165, 1.54) is 18.4 Å². The fraction of sp³-hybridized carbons (Fsp3) is 0.571. The molecule has 5 heteroatoms.